The average molecular weight is 583 g/mol. The van der Waals surface area contributed by atoms with E-state index in [1.54, 1.807) is 19.2 Å². The third-order valence-electron chi connectivity index (χ3n) is 7.24. The normalized spacial score (nSPS) is 19.7. The number of urea groups is 1. The van der Waals surface area contributed by atoms with Gasteiger partial charge in [-0.25, -0.2) is 31.4 Å². The molecular formula is C23H28F2N8O4S2. The Hall–Kier alpha value is -2.95. The van der Waals surface area contributed by atoms with Crippen LogP contribution in [0.25, 0.3) is 16.0 Å². The molecule has 0 spiro atoms. The highest BCUT2D eigenvalue weighted by Crippen LogP contribution is 2.35. The number of benzene rings is 1. The van der Waals surface area contributed by atoms with Gasteiger partial charge in [-0.2, -0.15) is 5.10 Å². The number of piperazine rings is 1. The maximum atomic E-state index is 13.5. The molecule has 0 saturated carbocycles. The molecule has 1 N–H and O–H groups in total. The van der Waals surface area contributed by atoms with Gasteiger partial charge in [-0.05, 0) is 31.9 Å². The first-order chi connectivity index (χ1) is 18.6. The monoisotopic (exact) mass is 582 g/mol. The van der Waals surface area contributed by atoms with Gasteiger partial charge in [0.05, 0.1) is 35.4 Å². The van der Waals surface area contributed by atoms with Crippen LogP contribution in [0.2, 0.25) is 0 Å². The SMILES string of the molecule is CC1(NS(=O)(=O)c2cc(N3CCN(C(=O)N4CCCC4)CC3)c3cnn(-c4nnc(C(F)F)s4)c3c2)COC1. The lowest BCUT2D eigenvalue weighted by atomic mass is 10.0. The molecule has 3 saturated heterocycles. The van der Waals surface area contributed by atoms with Crippen molar-refractivity contribution in [2.75, 3.05) is 57.4 Å². The number of carbonyl (C=O) groups excluding carboxylic acids is 1. The van der Waals surface area contributed by atoms with Crippen molar-refractivity contribution < 1.29 is 26.7 Å². The van der Waals surface area contributed by atoms with Crippen LogP contribution >= 0.6 is 11.3 Å². The third-order valence-corrected chi connectivity index (χ3v) is 9.76. The Kier molecular flexibility index (Phi) is 6.68. The van der Waals surface area contributed by atoms with Gasteiger partial charge in [-0.15, -0.1) is 10.2 Å². The Balaban J connectivity index is 1.36. The van der Waals surface area contributed by atoms with E-state index < -0.39 is 27.0 Å². The zero-order valence-corrected chi connectivity index (χ0v) is 22.8. The van der Waals surface area contributed by atoms with Crippen molar-refractivity contribution in [3.05, 3.63) is 23.3 Å². The summed E-state index contributed by atoms with van der Waals surface area (Å²) in [6.07, 6.45) is 0.822. The van der Waals surface area contributed by atoms with Crippen molar-refractivity contribution in [1.82, 2.24) is 34.5 Å². The predicted octanol–water partition coefficient (Wildman–Crippen LogP) is 2.22. The van der Waals surface area contributed by atoms with Crippen LogP contribution in [-0.4, -0.2) is 102 Å². The van der Waals surface area contributed by atoms with Crippen molar-refractivity contribution in [1.29, 1.82) is 0 Å². The van der Waals surface area contributed by atoms with Crippen molar-refractivity contribution >= 4 is 44.0 Å². The molecule has 12 nitrogen and oxygen atoms in total. The number of likely N-dealkylation sites (tertiary alicyclic amines) is 1. The van der Waals surface area contributed by atoms with Crippen molar-refractivity contribution in [2.24, 2.45) is 0 Å². The number of hydrogen-bond acceptors (Lipinski definition) is 9. The van der Waals surface area contributed by atoms with Crippen LogP contribution in [0.1, 0.15) is 31.2 Å². The lowest BCUT2D eigenvalue weighted by Gasteiger charge is -2.39. The summed E-state index contributed by atoms with van der Waals surface area (Å²) in [5, 5.41) is 12.1. The maximum Gasteiger partial charge on any atom is 0.320 e. The number of ether oxygens (including phenoxy) is 1. The summed E-state index contributed by atoms with van der Waals surface area (Å²) >= 11 is 0.691. The molecule has 0 unspecified atom stereocenters. The largest absolute Gasteiger partial charge is 0.377 e. The molecule has 0 aliphatic carbocycles. The van der Waals surface area contributed by atoms with Crippen molar-refractivity contribution in [3.8, 4) is 5.13 Å². The minimum Gasteiger partial charge on any atom is -0.377 e. The van der Waals surface area contributed by atoms with Crippen LogP contribution in [0.4, 0.5) is 19.3 Å². The number of amides is 2. The number of aromatic nitrogens is 4. The lowest BCUT2D eigenvalue weighted by molar-refractivity contribution is -0.0523. The number of nitrogens with zero attached hydrogens (tertiary/aromatic N) is 7. The van der Waals surface area contributed by atoms with E-state index in [0.29, 0.717) is 54.1 Å². The minimum absolute atomic E-state index is 0.00838. The number of anilines is 1. The second kappa shape index (κ2) is 9.91. The Morgan fingerprint density at radius 1 is 1.08 bits per heavy atom. The number of halogens is 2. The molecule has 3 aliphatic heterocycles. The second-order valence-corrected chi connectivity index (χ2v) is 12.9. The lowest BCUT2D eigenvalue weighted by Crippen LogP contribution is -2.59. The highest BCUT2D eigenvalue weighted by molar-refractivity contribution is 7.89. The Morgan fingerprint density at radius 3 is 2.38 bits per heavy atom. The van der Waals surface area contributed by atoms with E-state index in [9.17, 15) is 22.0 Å². The topological polar surface area (TPSA) is 126 Å². The first-order valence-corrected chi connectivity index (χ1v) is 15.0. The Labute approximate surface area is 227 Å². The van der Waals surface area contributed by atoms with Gasteiger partial charge in [0.25, 0.3) is 6.43 Å². The van der Waals surface area contributed by atoms with Gasteiger partial charge in [-0.3, -0.25) is 0 Å². The molecule has 3 aromatic rings. The smallest absolute Gasteiger partial charge is 0.320 e. The molecule has 3 fully saturated rings. The van der Waals surface area contributed by atoms with E-state index in [1.165, 1.54) is 10.7 Å². The highest BCUT2D eigenvalue weighted by Gasteiger charge is 2.38. The van der Waals surface area contributed by atoms with E-state index in [0.717, 1.165) is 25.9 Å². The van der Waals surface area contributed by atoms with Gasteiger partial charge >= 0.3 is 6.03 Å². The third kappa shape index (κ3) is 4.94. The second-order valence-electron chi connectivity index (χ2n) is 10.3. The summed E-state index contributed by atoms with van der Waals surface area (Å²) in [6.45, 7) is 5.80. The Morgan fingerprint density at radius 2 is 1.77 bits per heavy atom. The summed E-state index contributed by atoms with van der Waals surface area (Å²) in [6, 6.07) is 3.10. The number of sulfonamides is 1. The molecule has 0 radical (unpaired) electrons. The van der Waals surface area contributed by atoms with Gasteiger partial charge < -0.3 is 19.4 Å². The van der Waals surface area contributed by atoms with Crippen molar-refractivity contribution in [3.63, 3.8) is 0 Å². The maximum absolute atomic E-state index is 13.5. The van der Waals surface area contributed by atoms with Gasteiger partial charge in [-0.1, -0.05) is 11.3 Å². The fraction of sp³-hybridized carbons (Fsp3) is 0.565. The molecule has 39 heavy (non-hydrogen) atoms. The van der Waals surface area contributed by atoms with E-state index >= 15 is 0 Å². The molecule has 2 amide bonds. The van der Waals surface area contributed by atoms with Crippen molar-refractivity contribution in [2.45, 2.75) is 36.6 Å². The van der Waals surface area contributed by atoms with Gasteiger partial charge in [0.15, 0.2) is 5.01 Å². The number of rotatable bonds is 6. The van der Waals surface area contributed by atoms with Gasteiger partial charge in [0, 0.05) is 50.3 Å². The quantitative estimate of drug-likeness (QED) is 0.469. The molecule has 3 aliphatic rings. The van der Waals surface area contributed by atoms with E-state index in [1.807, 2.05) is 14.7 Å². The van der Waals surface area contributed by atoms with Gasteiger partial charge in [0.1, 0.15) is 0 Å². The molecule has 2 aromatic heterocycles. The van der Waals surface area contributed by atoms with Crippen LogP contribution in [0.3, 0.4) is 0 Å². The molecule has 0 atom stereocenters. The first-order valence-electron chi connectivity index (χ1n) is 12.7. The number of hydrogen-bond donors (Lipinski definition) is 1. The highest BCUT2D eigenvalue weighted by atomic mass is 32.2. The molecular weight excluding hydrogens is 554 g/mol. The van der Waals surface area contributed by atoms with E-state index in [2.05, 4.69) is 20.0 Å². The van der Waals surface area contributed by atoms with Crippen LogP contribution < -0.4 is 9.62 Å². The summed E-state index contributed by atoms with van der Waals surface area (Å²) in [4.78, 5) is 18.6. The summed E-state index contributed by atoms with van der Waals surface area (Å²) in [7, 11) is -3.97. The fourth-order valence-electron chi connectivity index (χ4n) is 5.15. The molecule has 0 bridgehead atoms. The molecule has 210 valence electrons. The summed E-state index contributed by atoms with van der Waals surface area (Å²) in [5.41, 5.74) is 0.303. The number of alkyl halides is 2. The number of fused-ring (bicyclic) bond motifs is 1. The fourth-order valence-corrected chi connectivity index (χ4v) is 7.24. The zero-order chi connectivity index (χ0) is 27.4. The number of carbonyl (C=O) groups is 1. The zero-order valence-electron chi connectivity index (χ0n) is 21.2. The first kappa shape index (κ1) is 26.3. The van der Waals surface area contributed by atoms with E-state index in [4.69, 9.17) is 4.74 Å². The molecule has 5 heterocycles. The summed E-state index contributed by atoms with van der Waals surface area (Å²) < 4.78 is 62.6. The Bertz CT molecular complexity index is 1490. The average Bonchev–Trinajstić information content (AvgIpc) is 3.67. The predicted molar refractivity (Wildman–Crippen MR) is 139 cm³/mol. The standard InChI is InChI=1S/C23H28F2N8O4S2/c1-23(13-37-14-23)29-39(35,36)15-10-17(30-6-8-32(9-7-30)22(34)31-4-2-3-5-31)16-12-26-33(18(16)11-15)21-28-27-20(38-21)19(24)25/h10-12,19,29H,2-9,13-14H2,1H3. The van der Waals surface area contributed by atoms with Gasteiger partial charge in [0.2, 0.25) is 15.2 Å². The van der Waals surface area contributed by atoms with Crippen LogP contribution in [-0.2, 0) is 14.8 Å². The molecule has 6 rings (SSSR count). The summed E-state index contributed by atoms with van der Waals surface area (Å²) in [5.74, 6) is 0. The van der Waals surface area contributed by atoms with Crippen LogP contribution in [0.5, 0.6) is 0 Å². The molecule has 16 heteroatoms. The van der Waals surface area contributed by atoms with Crippen LogP contribution in [0.15, 0.2) is 23.2 Å². The molecule has 1 aromatic carbocycles. The van der Waals surface area contributed by atoms with E-state index in [-0.39, 0.29) is 29.3 Å². The van der Waals surface area contributed by atoms with Crippen LogP contribution in [0, 0.1) is 0 Å². The minimum atomic E-state index is -3.97. The number of nitrogens with one attached hydrogen (secondary N) is 1.